The summed E-state index contributed by atoms with van der Waals surface area (Å²) in [5, 5.41) is 0. The quantitative estimate of drug-likeness (QED) is 0.0629. The fraction of sp³-hybridized carbons (Fsp3) is 0. The summed E-state index contributed by atoms with van der Waals surface area (Å²) in [6, 6.07) is 0. The van der Waals surface area contributed by atoms with Gasteiger partial charge in [-0.1, -0.05) is 0 Å². The van der Waals surface area contributed by atoms with Crippen molar-refractivity contribution in [2.24, 2.45) is 0 Å². The van der Waals surface area contributed by atoms with Crippen molar-refractivity contribution >= 4 is 760 Å². The highest BCUT2D eigenvalue weighted by Crippen LogP contribution is 1.98. The lowest BCUT2D eigenvalue weighted by molar-refractivity contribution is 3.41. The first kappa shape index (κ1) is 144. The molecule has 0 amide bonds. The van der Waals surface area contributed by atoms with Crippen LogP contribution in [0.15, 0.2) is 0 Å². The van der Waals surface area contributed by atoms with Crippen LogP contribution in [0.1, 0.15) is 0 Å². The van der Waals surface area contributed by atoms with E-state index < -0.39 is 204 Å². The highest BCUT2D eigenvalue weighted by Gasteiger charge is 2.36. The van der Waals surface area contributed by atoms with Gasteiger partial charge in [0.15, 0.2) is 0 Å². The second-order valence-electron chi connectivity index (χ2n) is 21.9. The molecule has 0 unspecified atom stereocenters. The molecule has 0 aromatic carbocycles. The van der Waals surface area contributed by atoms with E-state index in [-0.39, 0.29) is 34.0 Å². The summed E-state index contributed by atoms with van der Waals surface area (Å²) >= 11 is 0. The third-order valence-electron chi connectivity index (χ3n) is 12.2. The molecule has 0 saturated carbocycles. The van der Waals surface area contributed by atoms with E-state index in [0.29, 0.717) is 0 Å². The molecule has 0 N–H and O–H groups in total. The molecule has 315 valence electrons. The molecule has 0 aliphatic carbocycles. The molecular weight excluding hydrogens is 1140 g/mol. The van der Waals surface area contributed by atoms with E-state index in [1.807, 2.05) is 0 Å². The summed E-state index contributed by atoms with van der Waals surface area (Å²) in [5.74, 6) is 0. The van der Waals surface area contributed by atoms with Crippen LogP contribution in [0.5, 0.6) is 0 Å². The molecule has 0 bridgehead atoms. The Labute approximate surface area is 752 Å². The van der Waals surface area contributed by atoms with Gasteiger partial charge >= 0.3 is 0 Å². The van der Waals surface area contributed by atoms with Crippen LogP contribution in [0, 0.1) is 0 Å². The van der Waals surface area contributed by atoms with Gasteiger partial charge in [-0.25, -0.2) is 0 Å². The standard InChI is InChI=1S/B14.B13.B12.B11.B10.B9.B8.B7.B6.B5.B4.B3.B2.B/c1-9(2)13(10(3)4)14(11(5)6)12(7)8;1-8-12(9(2)3)13(10(4)5)11(6)7;1-8(2)11(7)12(9(3)4)10(5)6;1-7-10(6)11(8(2)3)9(4)5;1-7(2)10(8(3)4)9(5)6;1-6-9(7(2)3)8(4)5;1-6(2)8(5)7(3)4;1-5-7(4)6(2)3;1-5(2)6(3)4;1-4-5(2)3;1-4(2)3;1-3-2;1-2;. The van der Waals surface area contributed by atoms with Gasteiger partial charge in [0.05, 0.1) is 0 Å². The van der Waals surface area contributed by atoms with Gasteiger partial charge in [-0.15, -0.1) is 0 Å². The molecule has 0 aromatic rings. The van der Waals surface area contributed by atoms with E-state index in [4.69, 9.17) is 426 Å². The van der Waals surface area contributed by atoms with Crippen LogP contribution in [0.4, 0.5) is 0 Å². The topological polar surface area (TPSA) is 0 Å². The lowest BCUT2D eigenvalue weighted by Crippen LogP contribution is -2.72. The van der Waals surface area contributed by atoms with Crippen molar-refractivity contribution < 1.29 is 0 Å². The van der Waals surface area contributed by atoms with Crippen LogP contribution < -0.4 is 0 Å². The third kappa shape index (κ3) is 96.2. The van der Waals surface area contributed by atoms with Crippen molar-refractivity contribution in [2.45, 2.75) is 0 Å². The van der Waals surface area contributed by atoms with Crippen molar-refractivity contribution in [2.75, 3.05) is 0 Å². The zero-order chi connectivity index (χ0) is 87.0. The molecule has 0 nitrogen and oxygen atoms in total. The van der Waals surface area contributed by atoms with Gasteiger partial charge in [0.1, 0.15) is 0 Å². The third-order valence-corrected chi connectivity index (χ3v) is 12.2. The molecule has 0 saturated heterocycles. The predicted octanol–water partition coefficient (Wildman–Crippen LogP) is -40.0. The highest BCUT2D eigenvalue weighted by molar-refractivity contribution is 8.12. The Kier molecular flexibility index (Phi) is 125. The van der Waals surface area contributed by atoms with Crippen LogP contribution in [0.25, 0.3) is 0 Å². The first-order chi connectivity index (χ1) is 46.9. The van der Waals surface area contributed by atoms with Crippen LogP contribution >= 0.6 is 0 Å². The summed E-state index contributed by atoms with van der Waals surface area (Å²) < 4.78 is 0. The Bertz CT molecular complexity index is 1410. The highest BCUT2D eigenvalue weighted by atomic mass is 13.2. The van der Waals surface area contributed by atoms with Crippen molar-refractivity contribution in [3.8, 4) is 0 Å². The molecule has 0 heterocycles. The van der Waals surface area contributed by atoms with E-state index in [1.54, 1.807) is 0 Å². The molecule has 0 atom stereocenters. The molecular formula is B105. The average Bonchev–Trinajstić information content (AvgIpc) is 0.866. The van der Waals surface area contributed by atoms with E-state index in [2.05, 4.69) is 54.2 Å². The van der Waals surface area contributed by atoms with Gasteiger partial charge in [-0.2, -0.15) is 0 Å². The summed E-state index contributed by atoms with van der Waals surface area (Å²) in [4.78, 5) is 0. The van der Waals surface area contributed by atoms with Gasteiger partial charge < -0.3 is 0 Å². The van der Waals surface area contributed by atoms with Crippen molar-refractivity contribution in [3.63, 3.8) is 0 Å². The van der Waals surface area contributed by atoms with Crippen molar-refractivity contribution in [1.82, 2.24) is 0 Å². The van der Waals surface area contributed by atoms with Crippen LogP contribution in [0.3, 0.4) is 0 Å². The van der Waals surface area contributed by atoms with E-state index >= 15 is 0 Å². The smallest absolute Gasteiger partial charge is 0 e. The Balaban J connectivity index is -0.0000000727. The van der Waals surface area contributed by atoms with Crippen LogP contribution in [-0.4, -0.2) is 760 Å². The number of rotatable bonds is 30. The molecule has 0 aromatic heterocycles. The SMILES string of the molecule is [B].[B]B([B])B(B([B])[B])B(B([B])[B])B([B])[B].[B]B([B])B(B([B])[B])B([B])[B].[B]B([B])B([B])B(B([B])[B])B([B])[B].[B]B([B])B([B])B([B])[B].[B]B([B])B([B])[B].[B]B([B])[B].[B][B].[B][B]B(B([B])[B])B(B([B])[B])B([B])[B].[B][B]B(B([B])[B])B([B])[B].[B][B]B([B])B(B([B])[B])B([B])[B].[B][B]B([B])B([B])[B].[B][B]B([B])[B].[B][B][B]. The van der Waals surface area contributed by atoms with Crippen LogP contribution in [-0.2, 0) is 0 Å². The molecule has 0 fully saturated rings. The molecule has 105 heteroatoms. The number of hydrogen-bond acceptors (Lipinski definition) is 0. The summed E-state index contributed by atoms with van der Waals surface area (Å²) in [6.45, 7) is 0. The van der Waals surface area contributed by atoms with Gasteiger partial charge in [-0.05, 0) is 0 Å². The second kappa shape index (κ2) is 91.6. The minimum absolute atomic E-state index is 0. The molecule has 105 heavy (non-hydrogen) atoms. The maximum atomic E-state index is 5.59. The summed E-state index contributed by atoms with van der Waals surface area (Å²) in [7, 11) is 329. The molecule has 133 radical (unpaired) electrons. The minimum atomic E-state index is -0.760. The molecule has 0 aliphatic heterocycles. The number of hydrogen-bond donors (Lipinski definition) is 0. The second-order valence-corrected chi connectivity index (χ2v) is 21.9. The maximum Gasteiger partial charge on any atom is 0 e. The summed E-state index contributed by atoms with van der Waals surface area (Å²) in [6.07, 6.45) is -21.2. The van der Waals surface area contributed by atoms with Crippen molar-refractivity contribution in [3.05, 3.63) is 0 Å². The Morgan fingerprint density at radius 2 is 0.333 bits per heavy atom. The first-order valence-corrected chi connectivity index (χ1v) is 30.3. The van der Waals surface area contributed by atoms with Gasteiger partial charge in [-0.3, -0.25) is 0 Å². The lowest BCUT2D eigenvalue weighted by atomic mass is 8.47. The largest absolute Gasteiger partial charge is 0 e. The van der Waals surface area contributed by atoms with E-state index in [9.17, 15) is 0 Å². The monoisotopic (exact) mass is 1160 g/mol. The minimum Gasteiger partial charge on any atom is 0 e. The normalized spacial score (nSPS) is 7.81. The Morgan fingerprint density at radius 1 is 0.152 bits per heavy atom. The first-order valence-electron chi connectivity index (χ1n) is 30.3. The lowest BCUT2D eigenvalue weighted by Gasteiger charge is -2.34. The van der Waals surface area contributed by atoms with Gasteiger partial charge in [0.25, 0.3) is 0 Å². The Hall–Kier alpha value is 6.82. The zero-order valence-corrected chi connectivity index (χ0v) is 60.6. The average molecular weight is 1140 g/mol. The molecule has 0 aliphatic rings. The molecule has 0 rings (SSSR count). The van der Waals surface area contributed by atoms with Crippen molar-refractivity contribution in [1.29, 1.82) is 0 Å². The Morgan fingerprint density at radius 3 is 0.371 bits per heavy atom. The van der Waals surface area contributed by atoms with Crippen LogP contribution in [0.2, 0.25) is 0 Å². The fourth-order valence-corrected chi connectivity index (χ4v) is 6.42. The fourth-order valence-electron chi connectivity index (χ4n) is 6.42. The van der Waals surface area contributed by atoms with Gasteiger partial charge in [0, 0.05) is 760 Å². The van der Waals surface area contributed by atoms with E-state index in [1.165, 1.54) is 35.3 Å². The maximum absolute atomic E-state index is 5.59. The molecule has 0 spiro atoms. The zero-order valence-electron chi connectivity index (χ0n) is 60.6. The predicted molar refractivity (Wildman–Crippen MR) is 604 cm³/mol. The summed E-state index contributed by atoms with van der Waals surface area (Å²) in [5.41, 5.74) is 0. The van der Waals surface area contributed by atoms with Gasteiger partial charge in [0.2, 0.25) is 0 Å². The van der Waals surface area contributed by atoms with E-state index in [0.717, 1.165) is 7.06 Å².